The summed E-state index contributed by atoms with van der Waals surface area (Å²) in [6, 6.07) is 63.7. The standard InChI is InChI=1S/C52H37N/c1-32-19-25-36(26-20-32)53(37-27-30-39-38-13-8-9-18-46(38)52(2,3)47(39)31-37)51-44-16-6-4-14-40(44)50(41-15-5-7-17-45(41)51)43-29-24-35-22-21-33-11-10-12-34-23-28-42(43)49(35)48(33)34/h4-31H,1-3H3. The Morgan fingerprint density at radius 2 is 0.943 bits per heavy atom. The highest BCUT2D eigenvalue weighted by atomic mass is 15.1. The zero-order valence-electron chi connectivity index (χ0n) is 30.1. The number of hydrogen-bond acceptors (Lipinski definition) is 1. The molecule has 0 saturated heterocycles. The number of rotatable bonds is 4. The maximum absolute atomic E-state index is 2.51. The van der Waals surface area contributed by atoms with Crippen LogP contribution >= 0.6 is 0 Å². The van der Waals surface area contributed by atoms with Crippen molar-refractivity contribution in [1.29, 1.82) is 0 Å². The number of aryl methyl sites for hydroxylation is 1. The summed E-state index contributed by atoms with van der Waals surface area (Å²) in [7, 11) is 0. The van der Waals surface area contributed by atoms with Crippen molar-refractivity contribution in [3.05, 3.63) is 187 Å². The van der Waals surface area contributed by atoms with Crippen molar-refractivity contribution in [3.8, 4) is 22.3 Å². The van der Waals surface area contributed by atoms with Crippen molar-refractivity contribution >= 4 is 70.9 Å². The minimum Gasteiger partial charge on any atom is -0.309 e. The first kappa shape index (κ1) is 30.2. The van der Waals surface area contributed by atoms with Gasteiger partial charge in [-0.15, -0.1) is 0 Å². The van der Waals surface area contributed by atoms with Crippen LogP contribution in [0.15, 0.2) is 170 Å². The molecular weight excluding hydrogens is 639 g/mol. The van der Waals surface area contributed by atoms with E-state index in [-0.39, 0.29) is 5.41 Å². The first-order chi connectivity index (χ1) is 26.0. The number of fused-ring (bicyclic) bond motifs is 5. The van der Waals surface area contributed by atoms with E-state index in [1.807, 2.05) is 0 Å². The highest BCUT2D eigenvalue weighted by Crippen LogP contribution is 2.53. The van der Waals surface area contributed by atoms with E-state index < -0.39 is 0 Å². The van der Waals surface area contributed by atoms with Gasteiger partial charge in [0.15, 0.2) is 0 Å². The second-order valence-corrected chi connectivity index (χ2v) is 15.4. The summed E-state index contributed by atoms with van der Waals surface area (Å²) in [5.74, 6) is 0. The molecule has 0 amide bonds. The lowest BCUT2D eigenvalue weighted by Crippen LogP contribution is -2.17. The van der Waals surface area contributed by atoms with Gasteiger partial charge in [-0.1, -0.05) is 165 Å². The fraction of sp³-hybridized carbons (Fsp3) is 0.0769. The normalized spacial score (nSPS) is 13.3. The Kier molecular flexibility index (Phi) is 6.29. The molecule has 10 aromatic rings. The Bertz CT molecular complexity index is 3020. The molecule has 0 radical (unpaired) electrons. The summed E-state index contributed by atoms with van der Waals surface area (Å²) in [6.07, 6.45) is 0. The molecule has 1 aliphatic rings. The number of anilines is 3. The zero-order valence-corrected chi connectivity index (χ0v) is 30.1. The Labute approximate surface area is 309 Å². The van der Waals surface area contributed by atoms with Gasteiger partial charge in [0.05, 0.1) is 5.69 Å². The summed E-state index contributed by atoms with van der Waals surface area (Å²) >= 11 is 0. The lowest BCUT2D eigenvalue weighted by Gasteiger charge is -2.31. The predicted octanol–water partition coefficient (Wildman–Crippen LogP) is 14.6. The summed E-state index contributed by atoms with van der Waals surface area (Å²) in [4.78, 5) is 2.51. The third-order valence-electron chi connectivity index (χ3n) is 12.0. The molecule has 250 valence electrons. The van der Waals surface area contributed by atoms with Crippen molar-refractivity contribution in [2.75, 3.05) is 4.90 Å². The molecule has 0 atom stereocenters. The second kappa shape index (κ2) is 11.0. The number of benzene rings is 10. The molecule has 0 aliphatic heterocycles. The van der Waals surface area contributed by atoms with Crippen LogP contribution in [0.4, 0.5) is 17.1 Å². The molecule has 0 fully saturated rings. The van der Waals surface area contributed by atoms with E-state index in [0.29, 0.717) is 0 Å². The van der Waals surface area contributed by atoms with E-state index in [2.05, 4.69) is 196 Å². The van der Waals surface area contributed by atoms with Crippen molar-refractivity contribution in [1.82, 2.24) is 0 Å². The van der Waals surface area contributed by atoms with Gasteiger partial charge in [-0.25, -0.2) is 0 Å². The molecule has 0 saturated carbocycles. The van der Waals surface area contributed by atoms with Gasteiger partial charge in [-0.3, -0.25) is 0 Å². The Hall–Kier alpha value is -6.44. The van der Waals surface area contributed by atoms with E-state index >= 15 is 0 Å². The SMILES string of the molecule is Cc1ccc(N(c2ccc3c(c2)C(C)(C)c2ccccc2-3)c2c3ccccc3c(-c3ccc4ccc5cccc6ccc3c4c56)c3ccccc23)cc1. The molecule has 53 heavy (non-hydrogen) atoms. The predicted molar refractivity (Wildman–Crippen MR) is 228 cm³/mol. The van der Waals surface area contributed by atoms with Crippen LogP contribution < -0.4 is 4.90 Å². The van der Waals surface area contributed by atoms with Crippen LogP contribution in [0.3, 0.4) is 0 Å². The largest absolute Gasteiger partial charge is 0.309 e. The molecule has 0 unspecified atom stereocenters. The van der Waals surface area contributed by atoms with Gasteiger partial charge >= 0.3 is 0 Å². The van der Waals surface area contributed by atoms with E-state index in [1.54, 1.807) is 0 Å². The average Bonchev–Trinajstić information content (AvgIpc) is 3.43. The Morgan fingerprint density at radius 3 is 1.66 bits per heavy atom. The van der Waals surface area contributed by atoms with Gasteiger partial charge in [0, 0.05) is 27.6 Å². The van der Waals surface area contributed by atoms with Crippen LogP contribution in [-0.4, -0.2) is 0 Å². The molecule has 11 rings (SSSR count). The fourth-order valence-electron chi connectivity index (χ4n) is 9.52. The quantitative estimate of drug-likeness (QED) is 0.133. The van der Waals surface area contributed by atoms with Crippen molar-refractivity contribution in [2.45, 2.75) is 26.2 Å². The fourth-order valence-corrected chi connectivity index (χ4v) is 9.52. The Balaban J connectivity index is 1.23. The van der Waals surface area contributed by atoms with Gasteiger partial charge in [-0.2, -0.15) is 0 Å². The molecular formula is C52H37N. The average molecular weight is 676 g/mol. The monoisotopic (exact) mass is 675 g/mol. The van der Waals surface area contributed by atoms with Crippen LogP contribution in [-0.2, 0) is 5.41 Å². The first-order valence-electron chi connectivity index (χ1n) is 18.7. The van der Waals surface area contributed by atoms with Gasteiger partial charge < -0.3 is 4.90 Å². The summed E-state index contributed by atoms with van der Waals surface area (Å²) in [5.41, 5.74) is 12.6. The zero-order chi connectivity index (χ0) is 35.4. The second-order valence-electron chi connectivity index (χ2n) is 15.4. The van der Waals surface area contributed by atoms with Crippen LogP contribution in [0.25, 0.3) is 76.1 Å². The van der Waals surface area contributed by atoms with E-state index in [4.69, 9.17) is 0 Å². The van der Waals surface area contributed by atoms with E-state index in [1.165, 1.54) is 104 Å². The maximum Gasteiger partial charge on any atom is 0.0618 e. The van der Waals surface area contributed by atoms with Gasteiger partial charge in [0.2, 0.25) is 0 Å². The van der Waals surface area contributed by atoms with Crippen LogP contribution in [0.1, 0.15) is 30.5 Å². The van der Waals surface area contributed by atoms with Gasteiger partial charge in [-0.05, 0) is 108 Å². The van der Waals surface area contributed by atoms with Crippen molar-refractivity contribution < 1.29 is 0 Å². The lowest BCUT2D eigenvalue weighted by molar-refractivity contribution is 0.660. The molecule has 0 bridgehead atoms. The van der Waals surface area contributed by atoms with Crippen molar-refractivity contribution in [2.24, 2.45) is 0 Å². The molecule has 0 N–H and O–H groups in total. The molecule has 0 aromatic heterocycles. The maximum atomic E-state index is 2.51. The third-order valence-corrected chi connectivity index (χ3v) is 12.0. The van der Waals surface area contributed by atoms with Crippen LogP contribution in [0.5, 0.6) is 0 Å². The highest BCUT2D eigenvalue weighted by molar-refractivity contribution is 6.29. The minimum atomic E-state index is -0.107. The van der Waals surface area contributed by atoms with Gasteiger partial charge in [0.25, 0.3) is 0 Å². The molecule has 1 nitrogen and oxygen atoms in total. The first-order valence-corrected chi connectivity index (χ1v) is 18.7. The van der Waals surface area contributed by atoms with E-state index in [9.17, 15) is 0 Å². The highest BCUT2D eigenvalue weighted by Gasteiger charge is 2.36. The third kappa shape index (κ3) is 4.25. The molecule has 0 heterocycles. The topological polar surface area (TPSA) is 3.24 Å². The van der Waals surface area contributed by atoms with Crippen LogP contribution in [0, 0.1) is 6.92 Å². The summed E-state index contributed by atoms with van der Waals surface area (Å²) in [6.45, 7) is 6.90. The lowest BCUT2D eigenvalue weighted by atomic mass is 9.82. The number of nitrogens with zero attached hydrogens (tertiary/aromatic N) is 1. The van der Waals surface area contributed by atoms with Crippen molar-refractivity contribution in [3.63, 3.8) is 0 Å². The smallest absolute Gasteiger partial charge is 0.0618 e. The molecule has 1 aliphatic carbocycles. The molecule has 0 spiro atoms. The van der Waals surface area contributed by atoms with Crippen LogP contribution in [0.2, 0.25) is 0 Å². The minimum absolute atomic E-state index is 0.107. The summed E-state index contributed by atoms with van der Waals surface area (Å²) < 4.78 is 0. The molecule has 1 heteroatoms. The van der Waals surface area contributed by atoms with E-state index in [0.717, 1.165) is 5.69 Å². The molecule has 10 aromatic carbocycles. The number of hydrogen-bond donors (Lipinski definition) is 0. The summed E-state index contributed by atoms with van der Waals surface area (Å²) in [5, 5.41) is 12.8. The van der Waals surface area contributed by atoms with Gasteiger partial charge in [0.1, 0.15) is 0 Å². The Morgan fingerprint density at radius 1 is 0.396 bits per heavy atom.